The van der Waals surface area contributed by atoms with Crippen molar-refractivity contribution >= 4 is 23.1 Å². The number of nitrogens with zero attached hydrogens (tertiary/aromatic N) is 3. The Morgan fingerprint density at radius 1 is 1.45 bits per heavy atom. The summed E-state index contributed by atoms with van der Waals surface area (Å²) < 4.78 is 12.2. The molecule has 0 aliphatic heterocycles. The highest BCUT2D eigenvalue weighted by molar-refractivity contribution is 5.89. The van der Waals surface area contributed by atoms with E-state index in [0.29, 0.717) is 0 Å². The predicted molar refractivity (Wildman–Crippen MR) is 73.2 cm³/mol. The molecule has 0 saturated heterocycles. The van der Waals surface area contributed by atoms with Gasteiger partial charge in [0.15, 0.2) is 0 Å². The van der Waals surface area contributed by atoms with Crippen LogP contribution in [0.25, 0.3) is 17.1 Å². The Labute approximate surface area is 116 Å². The third kappa shape index (κ3) is 2.49. The quantitative estimate of drug-likeness (QED) is 0.626. The van der Waals surface area contributed by atoms with Crippen molar-refractivity contribution in [3.8, 4) is 5.75 Å². The summed E-state index contributed by atoms with van der Waals surface area (Å²) in [6.45, 7) is 0. The molecule has 0 spiro atoms. The lowest BCUT2D eigenvalue weighted by Crippen LogP contribution is -2.00. The summed E-state index contributed by atoms with van der Waals surface area (Å²) in [4.78, 5) is 11.2. The monoisotopic (exact) mass is 273 g/mol. The van der Waals surface area contributed by atoms with Crippen LogP contribution in [-0.2, 0) is 16.6 Å². The van der Waals surface area contributed by atoms with Crippen LogP contribution in [0.3, 0.4) is 0 Å². The molecule has 0 atom stereocenters. The van der Waals surface area contributed by atoms with E-state index in [-0.39, 0.29) is 6.10 Å². The molecule has 1 saturated carbocycles. The van der Waals surface area contributed by atoms with E-state index in [9.17, 15) is 4.79 Å². The number of aromatic nitrogens is 3. The number of fused-ring (bicyclic) bond motifs is 1. The fourth-order valence-electron chi connectivity index (χ4n) is 1.96. The highest BCUT2D eigenvalue weighted by Gasteiger charge is 2.25. The lowest BCUT2D eigenvalue weighted by molar-refractivity contribution is -0.134. The van der Waals surface area contributed by atoms with Crippen molar-refractivity contribution in [1.29, 1.82) is 0 Å². The Balaban J connectivity index is 2.01. The van der Waals surface area contributed by atoms with Crippen molar-refractivity contribution in [3.63, 3.8) is 0 Å². The van der Waals surface area contributed by atoms with E-state index in [4.69, 9.17) is 4.74 Å². The fourth-order valence-corrected chi connectivity index (χ4v) is 1.96. The Kier molecular flexibility index (Phi) is 3.14. The number of carbonyl (C=O) groups excluding carboxylic acids is 1. The smallest absolute Gasteiger partial charge is 0.330 e. The highest BCUT2D eigenvalue weighted by atomic mass is 16.5. The molecule has 0 N–H and O–H groups in total. The number of ether oxygens (including phenoxy) is 2. The van der Waals surface area contributed by atoms with Crippen molar-refractivity contribution in [1.82, 2.24) is 15.0 Å². The van der Waals surface area contributed by atoms with Gasteiger partial charge in [-0.2, -0.15) is 0 Å². The molecular formula is C14H15N3O3. The molecule has 20 heavy (non-hydrogen) atoms. The summed E-state index contributed by atoms with van der Waals surface area (Å²) in [5.41, 5.74) is 2.45. The molecule has 1 aromatic carbocycles. The van der Waals surface area contributed by atoms with Crippen molar-refractivity contribution in [2.45, 2.75) is 18.9 Å². The molecule has 3 rings (SSSR count). The maximum Gasteiger partial charge on any atom is 0.330 e. The summed E-state index contributed by atoms with van der Waals surface area (Å²) in [7, 11) is 3.18. The van der Waals surface area contributed by atoms with Crippen molar-refractivity contribution in [2.24, 2.45) is 7.05 Å². The normalized spacial score (nSPS) is 14.9. The maximum atomic E-state index is 11.2. The standard InChI is InChI=1S/C14H15N3O3/c1-17-14-11(15-16-17)7-9(3-6-13(18)19-2)8-12(14)20-10-4-5-10/h3,6-8,10H,4-5H2,1-2H3/b6-3+. The number of aryl methyl sites for hydroxylation is 1. The molecule has 1 fully saturated rings. The van der Waals surface area contributed by atoms with Crippen LogP contribution in [-0.4, -0.2) is 34.2 Å². The Hall–Kier alpha value is -2.37. The Morgan fingerprint density at radius 3 is 2.95 bits per heavy atom. The van der Waals surface area contributed by atoms with Gasteiger partial charge in [-0.05, 0) is 36.6 Å². The Morgan fingerprint density at radius 2 is 2.25 bits per heavy atom. The first-order valence-corrected chi connectivity index (χ1v) is 6.43. The largest absolute Gasteiger partial charge is 0.488 e. The zero-order valence-electron chi connectivity index (χ0n) is 11.4. The van der Waals surface area contributed by atoms with Gasteiger partial charge in [0, 0.05) is 13.1 Å². The lowest BCUT2D eigenvalue weighted by atomic mass is 10.1. The number of benzene rings is 1. The molecule has 0 amide bonds. The van der Waals surface area contributed by atoms with Gasteiger partial charge in [0.05, 0.1) is 13.2 Å². The Bertz CT molecular complexity index is 686. The van der Waals surface area contributed by atoms with E-state index in [1.165, 1.54) is 13.2 Å². The van der Waals surface area contributed by atoms with Gasteiger partial charge in [-0.3, -0.25) is 0 Å². The fraction of sp³-hybridized carbons (Fsp3) is 0.357. The number of rotatable bonds is 4. The zero-order chi connectivity index (χ0) is 14.1. The summed E-state index contributed by atoms with van der Waals surface area (Å²) in [5.74, 6) is 0.357. The maximum absolute atomic E-state index is 11.2. The molecule has 1 aliphatic rings. The third-order valence-corrected chi connectivity index (χ3v) is 3.12. The molecule has 6 heteroatoms. The predicted octanol–water partition coefficient (Wildman–Crippen LogP) is 1.70. The highest BCUT2D eigenvalue weighted by Crippen LogP contribution is 2.32. The summed E-state index contributed by atoms with van der Waals surface area (Å²) in [5, 5.41) is 8.10. The second-order valence-corrected chi connectivity index (χ2v) is 4.77. The van der Waals surface area contributed by atoms with Crippen LogP contribution in [0.1, 0.15) is 18.4 Å². The summed E-state index contributed by atoms with van der Waals surface area (Å²) in [6, 6.07) is 3.75. The van der Waals surface area contributed by atoms with Crippen LogP contribution in [0.2, 0.25) is 0 Å². The minimum Gasteiger partial charge on any atom is -0.488 e. The minimum atomic E-state index is -0.395. The number of hydrogen-bond acceptors (Lipinski definition) is 5. The van der Waals surface area contributed by atoms with Gasteiger partial charge < -0.3 is 9.47 Å². The van der Waals surface area contributed by atoms with Crippen LogP contribution in [0, 0.1) is 0 Å². The second kappa shape index (κ2) is 4.96. The first-order valence-electron chi connectivity index (χ1n) is 6.43. The molecule has 0 bridgehead atoms. The van der Waals surface area contributed by atoms with E-state index < -0.39 is 5.97 Å². The molecule has 1 aliphatic carbocycles. The van der Waals surface area contributed by atoms with Crippen molar-refractivity contribution in [3.05, 3.63) is 23.8 Å². The van der Waals surface area contributed by atoms with Crippen LogP contribution >= 0.6 is 0 Å². The van der Waals surface area contributed by atoms with Gasteiger partial charge >= 0.3 is 5.97 Å². The first-order chi connectivity index (χ1) is 9.67. The van der Waals surface area contributed by atoms with Crippen molar-refractivity contribution < 1.29 is 14.3 Å². The summed E-state index contributed by atoms with van der Waals surface area (Å²) in [6.07, 6.45) is 5.50. The average molecular weight is 273 g/mol. The molecule has 1 aromatic heterocycles. The van der Waals surface area contributed by atoms with E-state index >= 15 is 0 Å². The summed E-state index contributed by atoms with van der Waals surface area (Å²) >= 11 is 0. The third-order valence-electron chi connectivity index (χ3n) is 3.12. The molecule has 6 nitrogen and oxygen atoms in total. The van der Waals surface area contributed by atoms with Gasteiger partial charge in [-0.1, -0.05) is 5.21 Å². The van der Waals surface area contributed by atoms with Crippen LogP contribution in [0.4, 0.5) is 0 Å². The lowest BCUT2D eigenvalue weighted by Gasteiger charge is -2.07. The molecule has 0 radical (unpaired) electrons. The van der Waals surface area contributed by atoms with Gasteiger partial charge in [0.2, 0.25) is 0 Å². The van der Waals surface area contributed by atoms with E-state index in [0.717, 1.165) is 35.2 Å². The van der Waals surface area contributed by atoms with E-state index in [2.05, 4.69) is 15.0 Å². The van der Waals surface area contributed by atoms with E-state index in [1.807, 2.05) is 19.2 Å². The molecular weight excluding hydrogens is 258 g/mol. The van der Waals surface area contributed by atoms with E-state index in [1.54, 1.807) is 10.8 Å². The van der Waals surface area contributed by atoms with Gasteiger partial charge in [-0.15, -0.1) is 5.10 Å². The number of carbonyl (C=O) groups is 1. The molecule has 0 unspecified atom stereocenters. The average Bonchev–Trinajstić information content (AvgIpc) is 3.18. The van der Waals surface area contributed by atoms with Crippen LogP contribution < -0.4 is 4.74 Å². The van der Waals surface area contributed by atoms with Gasteiger partial charge in [0.1, 0.15) is 16.8 Å². The van der Waals surface area contributed by atoms with Gasteiger partial charge in [-0.25, -0.2) is 9.48 Å². The number of esters is 1. The molecule has 104 valence electrons. The second-order valence-electron chi connectivity index (χ2n) is 4.77. The first kappa shape index (κ1) is 12.7. The molecule has 2 aromatic rings. The van der Waals surface area contributed by atoms with Gasteiger partial charge in [0.25, 0.3) is 0 Å². The minimum absolute atomic E-state index is 0.285. The number of hydrogen-bond donors (Lipinski definition) is 0. The van der Waals surface area contributed by atoms with Crippen LogP contribution in [0.15, 0.2) is 18.2 Å². The van der Waals surface area contributed by atoms with Crippen LogP contribution in [0.5, 0.6) is 5.75 Å². The zero-order valence-corrected chi connectivity index (χ0v) is 11.4. The number of methoxy groups -OCH3 is 1. The SMILES string of the molecule is COC(=O)/C=C/c1cc(OC2CC2)c2c(c1)nnn2C. The molecule has 1 heterocycles. The topological polar surface area (TPSA) is 66.2 Å². The van der Waals surface area contributed by atoms with Crippen molar-refractivity contribution in [2.75, 3.05) is 7.11 Å².